The van der Waals surface area contributed by atoms with Crippen LogP contribution in [0.4, 0.5) is 5.82 Å². The summed E-state index contributed by atoms with van der Waals surface area (Å²) in [4.78, 5) is 0. The number of nitrogens with two attached hydrogens (primary N) is 1. The van der Waals surface area contributed by atoms with Gasteiger partial charge in [-0.25, -0.2) is 4.68 Å². The molecule has 1 atom stereocenters. The third-order valence-corrected chi connectivity index (χ3v) is 3.05. The summed E-state index contributed by atoms with van der Waals surface area (Å²) in [5, 5.41) is 4.23. The Morgan fingerprint density at radius 2 is 2.00 bits per heavy atom. The standard InChI is InChI=1S/C14H19N3/c1-12(17-14(15)10-11-16-17)6-5-9-13-7-3-2-4-8-13/h2-4,7-8,10-12H,5-6,9,15H2,1H3. The predicted molar refractivity (Wildman–Crippen MR) is 70.7 cm³/mol. The van der Waals surface area contributed by atoms with Crippen LogP contribution in [0.3, 0.4) is 0 Å². The number of hydrogen-bond donors (Lipinski definition) is 1. The van der Waals surface area contributed by atoms with Crippen molar-refractivity contribution in [1.82, 2.24) is 9.78 Å². The van der Waals surface area contributed by atoms with Crippen LogP contribution in [-0.4, -0.2) is 9.78 Å². The lowest BCUT2D eigenvalue weighted by Gasteiger charge is -2.13. The third-order valence-electron chi connectivity index (χ3n) is 3.05. The highest BCUT2D eigenvalue weighted by Crippen LogP contribution is 2.17. The van der Waals surface area contributed by atoms with E-state index in [1.165, 1.54) is 5.56 Å². The lowest BCUT2D eigenvalue weighted by atomic mass is 10.1. The zero-order valence-corrected chi connectivity index (χ0v) is 10.2. The average molecular weight is 229 g/mol. The molecule has 17 heavy (non-hydrogen) atoms. The van der Waals surface area contributed by atoms with Crippen molar-refractivity contribution in [3.05, 3.63) is 48.2 Å². The van der Waals surface area contributed by atoms with E-state index in [-0.39, 0.29) is 0 Å². The van der Waals surface area contributed by atoms with E-state index in [4.69, 9.17) is 5.73 Å². The first kappa shape index (κ1) is 11.7. The first-order valence-electron chi connectivity index (χ1n) is 6.10. The summed E-state index contributed by atoms with van der Waals surface area (Å²) in [5.41, 5.74) is 7.22. The van der Waals surface area contributed by atoms with Crippen molar-refractivity contribution in [2.75, 3.05) is 5.73 Å². The Morgan fingerprint density at radius 3 is 2.65 bits per heavy atom. The van der Waals surface area contributed by atoms with Crippen LogP contribution in [0.2, 0.25) is 0 Å². The lowest BCUT2D eigenvalue weighted by molar-refractivity contribution is 0.452. The highest BCUT2D eigenvalue weighted by atomic mass is 15.3. The van der Waals surface area contributed by atoms with Crippen LogP contribution >= 0.6 is 0 Å². The molecule has 3 nitrogen and oxygen atoms in total. The molecule has 0 amide bonds. The lowest BCUT2D eigenvalue weighted by Crippen LogP contribution is -2.10. The molecule has 2 N–H and O–H groups in total. The van der Waals surface area contributed by atoms with Gasteiger partial charge in [0.15, 0.2) is 0 Å². The predicted octanol–water partition coefficient (Wildman–Crippen LogP) is 3.05. The zero-order valence-electron chi connectivity index (χ0n) is 10.2. The van der Waals surface area contributed by atoms with E-state index in [1.807, 2.05) is 10.7 Å². The van der Waals surface area contributed by atoms with Crippen molar-refractivity contribution in [2.45, 2.75) is 32.2 Å². The Morgan fingerprint density at radius 1 is 1.24 bits per heavy atom. The van der Waals surface area contributed by atoms with E-state index in [9.17, 15) is 0 Å². The van der Waals surface area contributed by atoms with Gasteiger partial charge in [0.2, 0.25) is 0 Å². The molecular formula is C14H19N3. The Hall–Kier alpha value is -1.77. The second-order valence-corrected chi connectivity index (χ2v) is 4.43. The van der Waals surface area contributed by atoms with Crippen molar-refractivity contribution < 1.29 is 0 Å². The molecule has 2 rings (SSSR count). The molecule has 0 bridgehead atoms. The van der Waals surface area contributed by atoms with Crippen LogP contribution in [0.25, 0.3) is 0 Å². The molecule has 0 fully saturated rings. The van der Waals surface area contributed by atoms with Crippen molar-refractivity contribution in [2.24, 2.45) is 0 Å². The summed E-state index contributed by atoms with van der Waals surface area (Å²) in [6.45, 7) is 2.16. The van der Waals surface area contributed by atoms with Gasteiger partial charge in [-0.15, -0.1) is 0 Å². The van der Waals surface area contributed by atoms with Crippen molar-refractivity contribution >= 4 is 5.82 Å². The fourth-order valence-electron chi connectivity index (χ4n) is 2.06. The SMILES string of the molecule is CC(CCCc1ccccc1)n1nccc1N. The van der Waals surface area contributed by atoms with Gasteiger partial charge >= 0.3 is 0 Å². The van der Waals surface area contributed by atoms with Gasteiger partial charge in [0.25, 0.3) is 0 Å². The van der Waals surface area contributed by atoms with Crippen LogP contribution in [-0.2, 0) is 6.42 Å². The van der Waals surface area contributed by atoms with Gasteiger partial charge in [-0.05, 0) is 37.8 Å². The summed E-state index contributed by atoms with van der Waals surface area (Å²) in [5.74, 6) is 0.747. The largest absolute Gasteiger partial charge is 0.384 e. The topological polar surface area (TPSA) is 43.8 Å². The van der Waals surface area contributed by atoms with E-state index in [2.05, 4.69) is 42.4 Å². The highest BCUT2D eigenvalue weighted by molar-refractivity contribution is 5.26. The Bertz CT molecular complexity index is 448. The maximum atomic E-state index is 5.82. The number of rotatable bonds is 5. The van der Waals surface area contributed by atoms with Crippen LogP contribution in [0.15, 0.2) is 42.6 Å². The van der Waals surface area contributed by atoms with Gasteiger partial charge in [-0.3, -0.25) is 0 Å². The number of benzene rings is 1. The highest BCUT2D eigenvalue weighted by Gasteiger charge is 2.07. The Kier molecular flexibility index (Phi) is 3.81. The average Bonchev–Trinajstić information content (AvgIpc) is 2.77. The molecule has 1 aromatic carbocycles. The van der Waals surface area contributed by atoms with Gasteiger partial charge in [-0.2, -0.15) is 5.10 Å². The van der Waals surface area contributed by atoms with Gasteiger partial charge in [0.1, 0.15) is 5.82 Å². The Balaban J connectivity index is 1.81. The van der Waals surface area contributed by atoms with E-state index in [0.29, 0.717) is 6.04 Å². The minimum Gasteiger partial charge on any atom is -0.384 e. The van der Waals surface area contributed by atoms with Crippen LogP contribution < -0.4 is 5.73 Å². The molecule has 1 aromatic heterocycles. The summed E-state index contributed by atoms with van der Waals surface area (Å²) >= 11 is 0. The molecule has 1 unspecified atom stereocenters. The summed E-state index contributed by atoms with van der Waals surface area (Å²) in [7, 11) is 0. The van der Waals surface area contributed by atoms with Crippen LogP contribution in [0.1, 0.15) is 31.4 Å². The van der Waals surface area contributed by atoms with E-state index in [1.54, 1.807) is 6.20 Å². The molecule has 0 spiro atoms. The molecule has 3 heteroatoms. The summed E-state index contributed by atoms with van der Waals surface area (Å²) in [6.07, 6.45) is 5.13. The molecule has 1 heterocycles. The molecule has 2 aromatic rings. The first-order valence-corrected chi connectivity index (χ1v) is 6.10. The number of nitrogens with zero attached hydrogens (tertiary/aromatic N) is 2. The minimum absolute atomic E-state index is 0.369. The second kappa shape index (κ2) is 5.53. The molecule has 0 saturated heterocycles. The number of anilines is 1. The molecule has 0 aliphatic rings. The first-order chi connectivity index (χ1) is 8.27. The number of hydrogen-bond acceptors (Lipinski definition) is 2. The smallest absolute Gasteiger partial charge is 0.121 e. The fourth-order valence-corrected chi connectivity index (χ4v) is 2.06. The second-order valence-electron chi connectivity index (χ2n) is 4.43. The van der Waals surface area contributed by atoms with Crippen LogP contribution in [0.5, 0.6) is 0 Å². The van der Waals surface area contributed by atoms with Crippen molar-refractivity contribution in [1.29, 1.82) is 0 Å². The monoisotopic (exact) mass is 229 g/mol. The normalized spacial score (nSPS) is 12.5. The number of aryl methyl sites for hydroxylation is 1. The molecule has 0 saturated carbocycles. The molecule has 90 valence electrons. The fraction of sp³-hybridized carbons (Fsp3) is 0.357. The zero-order chi connectivity index (χ0) is 12.1. The summed E-state index contributed by atoms with van der Waals surface area (Å²) < 4.78 is 1.89. The maximum absolute atomic E-state index is 5.82. The molecular weight excluding hydrogens is 210 g/mol. The van der Waals surface area contributed by atoms with Crippen molar-refractivity contribution in [3.8, 4) is 0 Å². The Labute approximate surface area is 102 Å². The van der Waals surface area contributed by atoms with Gasteiger partial charge in [0, 0.05) is 0 Å². The molecule has 0 aliphatic carbocycles. The quantitative estimate of drug-likeness (QED) is 0.856. The number of aromatic nitrogens is 2. The minimum atomic E-state index is 0.369. The third kappa shape index (κ3) is 3.09. The van der Waals surface area contributed by atoms with Crippen LogP contribution in [0, 0.1) is 0 Å². The molecule has 0 aliphatic heterocycles. The molecule has 0 radical (unpaired) electrons. The number of nitrogen functional groups attached to an aromatic ring is 1. The van der Waals surface area contributed by atoms with E-state index in [0.717, 1.165) is 25.1 Å². The summed E-state index contributed by atoms with van der Waals surface area (Å²) in [6, 6.07) is 12.8. The van der Waals surface area contributed by atoms with E-state index < -0.39 is 0 Å². The van der Waals surface area contributed by atoms with Crippen molar-refractivity contribution in [3.63, 3.8) is 0 Å². The van der Waals surface area contributed by atoms with Gasteiger partial charge in [0.05, 0.1) is 12.2 Å². The van der Waals surface area contributed by atoms with E-state index >= 15 is 0 Å². The van der Waals surface area contributed by atoms with Gasteiger partial charge < -0.3 is 5.73 Å². The van der Waals surface area contributed by atoms with Gasteiger partial charge in [-0.1, -0.05) is 30.3 Å². The maximum Gasteiger partial charge on any atom is 0.121 e.